The van der Waals surface area contributed by atoms with Gasteiger partial charge in [0, 0.05) is 16.5 Å². The molecule has 106 valence electrons. The highest BCUT2D eigenvalue weighted by Crippen LogP contribution is 2.31. The summed E-state index contributed by atoms with van der Waals surface area (Å²) in [5, 5.41) is 10.4. The van der Waals surface area contributed by atoms with Crippen molar-refractivity contribution in [2.75, 3.05) is 6.61 Å². The zero-order chi connectivity index (χ0) is 14.7. The second-order valence-corrected chi connectivity index (χ2v) is 5.18. The van der Waals surface area contributed by atoms with Crippen LogP contribution in [0.5, 0.6) is 0 Å². The molecule has 2 rings (SSSR count). The fraction of sp³-hybridized carbons (Fsp3) is 0.250. The molecule has 1 heterocycles. The highest BCUT2D eigenvalue weighted by atomic mass is 79.9. The number of aromatic amines is 1. The van der Waals surface area contributed by atoms with Gasteiger partial charge in [0.25, 0.3) is 0 Å². The summed E-state index contributed by atoms with van der Waals surface area (Å²) < 4.78 is 19.3. The highest BCUT2D eigenvalue weighted by Gasteiger charge is 2.23. The van der Waals surface area contributed by atoms with Gasteiger partial charge in [-0.3, -0.25) is 0 Å². The van der Waals surface area contributed by atoms with Crippen molar-refractivity contribution in [3.05, 3.63) is 33.7 Å². The number of rotatable bonds is 4. The summed E-state index contributed by atoms with van der Waals surface area (Å²) in [4.78, 5) is 11.8. The molecule has 1 aromatic heterocycles. The normalized spacial score (nSPS) is 10.6. The van der Waals surface area contributed by atoms with E-state index < -0.39 is 11.8 Å². The Kier molecular flexibility index (Phi) is 4.87. The topological polar surface area (TPSA) is 67.9 Å². The molecule has 0 aliphatic heterocycles. The van der Waals surface area contributed by atoms with Gasteiger partial charge in [-0.1, -0.05) is 22.0 Å². The van der Waals surface area contributed by atoms with Crippen molar-refractivity contribution in [1.82, 2.24) is 15.4 Å². The maximum Gasteiger partial charge on any atom is 0.361 e. The van der Waals surface area contributed by atoms with Gasteiger partial charge in [-0.15, -0.1) is 5.10 Å². The van der Waals surface area contributed by atoms with Crippen LogP contribution in [0, 0.1) is 5.82 Å². The number of aromatic nitrogens is 3. The summed E-state index contributed by atoms with van der Waals surface area (Å²) >= 11 is 6.36. The number of alkyl halides is 1. The summed E-state index contributed by atoms with van der Waals surface area (Å²) in [5.74, 6) is -1.00. The van der Waals surface area contributed by atoms with Crippen LogP contribution < -0.4 is 0 Å². The van der Waals surface area contributed by atoms with Gasteiger partial charge < -0.3 is 4.74 Å². The maximum absolute atomic E-state index is 14.1. The van der Waals surface area contributed by atoms with Crippen LogP contribution in [0.15, 0.2) is 16.6 Å². The van der Waals surface area contributed by atoms with Gasteiger partial charge in [0.15, 0.2) is 5.69 Å². The quantitative estimate of drug-likeness (QED) is 0.623. The summed E-state index contributed by atoms with van der Waals surface area (Å²) in [5.41, 5.74) is 1.18. The van der Waals surface area contributed by atoms with Crippen LogP contribution in [0.25, 0.3) is 11.3 Å². The van der Waals surface area contributed by atoms with Crippen LogP contribution >= 0.6 is 31.9 Å². The first kappa shape index (κ1) is 15.1. The first-order valence-electron chi connectivity index (χ1n) is 5.71. The number of halogens is 3. The summed E-state index contributed by atoms with van der Waals surface area (Å²) in [7, 11) is 0. The van der Waals surface area contributed by atoms with Crippen molar-refractivity contribution in [3.63, 3.8) is 0 Å². The summed E-state index contributed by atoms with van der Waals surface area (Å²) in [6, 6.07) is 3.23. The Hall–Kier alpha value is -1.28. The monoisotopic (exact) mass is 405 g/mol. The first-order chi connectivity index (χ1) is 9.60. The molecule has 0 spiro atoms. The third kappa shape index (κ3) is 2.76. The minimum absolute atomic E-state index is 0.0378. The molecule has 0 aliphatic carbocycles. The third-order valence-electron chi connectivity index (χ3n) is 2.60. The van der Waals surface area contributed by atoms with Crippen molar-refractivity contribution in [3.8, 4) is 11.3 Å². The molecule has 5 nitrogen and oxygen atoms in total. The average Bonchev–Trinajstić information content (AvgIpc) is 2.91. The van der Waals surface area contributed by atoms with Crippen LogP contribution in [-0.2, 0) is 10.1 Å². The number of H-pyrrole nitrogens is 1. The van der Waals surface area contributed by atoms with E-state index in [9.17, 15) is 9.18 Å². The number of ether oxygens (including phenoxy) is 1. The number of nitrogens with zero attached hydrogens (tertiary/aromatic N) is 2. The summed E-state index contributed by atoms with van der Waals surface area (Å²) in [6.45, 7) is 1.92. The molecule has 8 heteroatoms. The standard InChI is InChI=1S/C12H10Br2FN3O2/c1-2-20-12(19)11-10(16-18-17-11)6-3-4-8(14)9(15)7(6)5-13/h3-4H,2,5H2,1H3,(H,16,17,18). The van der Waals surface area contributed by atoms with Crippen LogP contribution in [0.3, 0.4) is 0 Å². The fourth-order valence-electron chi connectivity index (χ4n) is 1.71. The van der Waals surface area contributed by atoms with E-state index in [4.69, 9.17) is 4.74 Å². The van der Waals surface area contributed by atoms with E-state index in [-0.39, 0.29) is 23.3 Å². The molecule has 2 aromatic rings. The van der Waals surface area contributed by atoms with Crippen LogP contribution in [0.1, 0.15) is 23.0 Å². The predicted molar refractivity (Wildman–Crippen MR) is 78.1 cm³/mol. The van der Waals surface area contributed by atoms with Crippen molar-refractivity contribution < 1.29 is 13.9 Å². The molecule has 1 N–H and O–H groups in total. The SMILES string of the molecule is CCOC(=O)c1n[nH]nc1-c1ccc(Br)c(F)c1CBr. The molecule has 0 aliphatic rings. The maximum atomic E-state index is 14.1. The third-order valence-corrected chi connectivity index (χ3v) is 3.77. The minimum Gasteiger partial charge on any atom is -0.461 e. The molecule has 20 heavy (non-hydrogen) atoms. The number of esters is 1. The van der Waals surface area contributed by atoms with Gasteiger partial charge in [-0.2, -0.15) is 10.3 Å². The summed E-state index contributed by atoms with van der Waals surface area (Å²) in [6.07, 6.45) is 0. The van der Waals surface area contributed by atoms with Crippen LogP contribution in [0.2, 0.25) is 0 Å². The lowest BCUT2D eigenvalue weighted by Crippen LogP contribution is -2.07. The van der Waals surface area contributed by atoms with Crippen molar-refractivity contribution in [2.45, 2.75) is 12.3 Å². The Balaban J connectivity index is 2.56. The van der Waals surface area contributed by atoms with E-state index in [0.29, 0.717) is 15.6 Å². The van der Waals surface area contributed by atoms with Crippen LogP contribution in [0.4, 0.5) is 4.39 Å². The highest BCUT2D eigenvalue weighted by molar-refractivity contribution is 9.10. The molecule has 0 bridgehead atoms. The van der Waals surface area contributed by atoms with Crippen LogP contribution in [-0.4, -0.2) is 28.0 Å². The Bertz CT molecular complexity index is 646. The van der Waals surface area contributed by atoms with Gasteiger partial charge in [-0.05, 0) is 28.9 Å². The number of hydrogen-bond acceptors (Lipinski definition) is 4. The second-order valence-electron chi connectivity index (χ2n) is 3.76. The molecule has 0 radical (unpaired) electrons. The molecule has 0 saturated heterocycles. The van der Waals surface area contributed by atoms with Gasteiger partial charge in [-0.25, -0.2) is 9.18 Å². The smallest absolute Gasteiger partial charge is 0.361 e. The van der Waals surface area contributed by atoms with Crippen molar-refractivity contribution in [1.29, 1.82) is 0 Å². The Morgan fingerprint density at radius 3 is 2.85 bits per heavy atom. The molecule has 1 aromatic carbocycles. The first-order valence-corrected chi connectivity index (χ1v) is 7.62. The number of carbonyl (C=O) groups is 1. The second kappa shape index (κ2) is 6.45. The number of hydrogen-bond donors (Lipinski definition) is 1. The van der Waals surface area contributed by atoms with E-state index >= 15 is 0 Å². The van der Waals surface area contributed by atoms with Crippen molar-refractivity contribution in [2.24, 2.45) is 0 Å². The number of benzene rings is 1. The van der Waals surface area contributed by atoms with E-state index in [1.807, 2.05) is 0 Å². The van der Waals surface area contributed by atoms with E-state index in [0.717, 1.165) is 0 Å². The number of carbonyl (C=O) groups excluding carboxylic acids is 1. The predicted octanol–water partition coefficient (Wildman–Crippen LogP) is 3.44. The van der Waals surface area contributed by atoms with Gasteiger partial charge in [0.1, 0.15) is 11.5 Å². The molecule has 0 saturated carbocycles. The molecule has 0 atom stereocenters. The fourth-order valence-corrected chi connectivity index (χ4v) is 2.63. The largest absolute Gasteiger partial charge is 0.461 e. The Morgan fingerprint density at radius 2 is 2.20 bits per heavy atom. The van der Waals surface area contributed by atoms with Crippen molar-refractivity contribution >= 4 is 37.8 Å². The Morgan fingerprint density at radius 1 is 1.45 bits per heavy atom. The van der Waals surface area contributed by atoms with E-state index in [1.54, 1.807) is 19.1 Å². The number of nitrogens with one attached hydrogen (secondary N) is 1. The van der Waals surface area contributed by atoms with Gasteiger partial charge in [0.05, 0.1) is 11.1 Å². The lowest BCUT2D eigenvalue weighted by Gasteiger charge is -2.08. The Labute approximate surface area is 131 Å². The van der Waals surface area contributed by atoms with Gasteiger partial charge in [0.2, 0.25) is 0 Å². The zero-order valence-corrected chi connectivity index (χ0v) is 13.6. The molecule has 0 amide bonds. The molecular formula is C12H10Br2FN3O2. The zero-order valence-electron chi connectivity index (χ0n) is 10.4. The minimum atomic E-state index is -0.597. The average molecular weight is 407 g/mol. The van der Waals surface area contributed by atoms with Gasteiger partial charge >= 0.3 is 5.97 Å². The lowest BCUT2D eigenvalue weighted by atomic mass is 10.0. The molecular weight excluding hydrogens is 397 g/mol. The molecule has 0 unspecified atom stereocenters. The van der Waals surface area contributed by atoms with E-state index in [1.165, 1.54) is 0 Å². The molecule has 0 fully saturated rings. The van der Waals surface area contributed by atoms with E-state index in [2.05, 4.69) is 47.3 Å². The lowest BCUT2D eigenvalue weighted by molar-refractivity contribution is 0.0520.